The van der Waals surface area contributed by atoms with E-state index in [1.165, 1.54) is 64.8 Å². The van der Waals surface area contributed by atoms with Gasteiger partial charge in [-0.05, 0) is 106 Å². The second-order valence-electron chi connectivity index (χ2n) is 15.7. The SMILES string of the molecule is CC(=O)O[C@@H]1CC[C@@]2(C)O[C@H](O)[C@]1(C)[C@@H]2CC[C@@]12[C@@H]3[C@@H](C(C)C)CC[C@@]1(C)[C@@H]1CC[C@@]4(CCC[C@H]42)N3C1. The van der Waals surface area contributed by atoms with Crippen LogP contribution >= 0.6 is 0 Å². The summed E-state index contributed by atoms with van der Waals surface area (Å²) >= 11 is 0. The van der Waals surface area contributed by atoms with Crippen LogP contribution in [0.4, 0.5) is 0 Å². The summed E-state index contributed by atoms with van der Waals surface area (Å²) in [5.74, 6) is 3.13. The van der Waals surface area contributed by atoms with Gasteiger partial charge in [0, 0.05) is 31.0 Å². The lowest BCUT2D eigenvalue weighted by molar-refractivity contribution is -0.188. The number of aliphatic hydroxyl groups excluding tert-OH is 1. The highest BCUT2D eigenvalue weighted by Gasteiger charge is 2.80. The molecule has 0 aromatic heterocycles. The van der Waals surface area contributed by atoms with Crippen molar-refractivity contribution in [2.45, 2.75) is 142 Å². The summed E-state index contributed by atoms with van der Waals surface area (Å²) in [6.07, 6.45) is 12.7. The first-order chi connectivity index (χ1) is 17.4. The lowest BCUT2D eigenvalue weighted by Gasteiger charge is -2.67. The molecule has 0 radical (unpaired) electrons. The minimum absolute atomic E-state index is 0.204. The summed E-state index contributed by atoms with van der Waals surface area (Å²) in [4.78, 5) is 15.2. The van der Waals surface area contributed by atoms with Crippen molar-refractivity contribution in [2.24, 2.45) is 45.8 Å². The molecule has 3 saturated carbocycles. The Bertz CT molecular complexity index is 984. The number of fused-ring (bicyclic) bond motifs is 4. The Kier molecular flexibility index (Phi) is 5.31. The largest absolute Gasteiger partial charge is 0.462 e. The highest BCUT2D eigenvalue weighted by Crippen LogP contribution is 2.79. The fraction of sp³-hybridized carbons (Fsp3) is 0.969. The molecule has 3 aliphatic carbocycles. The Morgan fingerprint density at radius 1 is 1.08 bits per heavy atom. The molecule has 0 amide bonds. The summed E-state index contributed by atoms with van der Waals surface area (Å²) in [5, 5.41) is 11.3. The van der Waals surface area contributed by atoms with Gasteiger partial charge in [-0.3, -0.25) is 9.69 Å². The van der Waals surface area contributed by atoms with Crippen LogP contribution < -0.4 is 0 Å². The maximum Gasteiger partial charge on any atom is 0.302 e. The molecule has 4 heterocycles. The maximum atomic E-state index is 12.1. The van der Waals surface area contributed by atoms with Gasteiger partial charge in [0.2, 0.25) is 0 Å². The lowest BCUT2D eigenvalue weighted by Crippen LogP contribution is -2.68. The van der Waals surface area contributed by atoms with Crippen LogP contribution in [0.15, 0.2) is 0 Å². The fourth-order valence-electron chi connectivity index (χ4n) is 13.0. The number of carbonyl (C=O) groups is 1. The molecular formula is C32H51NO4. The zero-order chi connectivity index (χ0) is 26.2. The molecule has 4 aliphatic heterocycles. The molecule has 208 valence electrons. The normalized spacial score (nSPS) is 59.1. The van der Waals surface area contributed by atoms with E-state index >= 15 is 0 Å². The maximum absolute atomic E-state index is 12.1. The van der Waals surface area contributed by atoms with Gasteiger partial charge in [-0.1, -0.05) is 34.1 Å². The summed E-state index contributed by atoms with van der Waals surface area (Å²) in [6, 6.07) is 0.713. The average molecular weight is 514 g/mol. The molecule has 5 heteroatoms. The third kappa shape index (κ3) is 2.81. The van der Waals surface area contributed by atoms with Gasteiger partial charge in [0.1, 0.15) is 6.10 Å². The predicted octanol–water partition coefficient (Wildman–Crippen LogP) is 5.93. The van der Waals surface area contributed by atoms with Crippen LogP contribution in [0, 0.1) is 45.8 Å². The zero-order valence-electron chi connectivity index (χ0n) is 24.2. The van der Waals surface area contributed by atoms with Crippen LogP contribution in [0.3, 0.4) is 0 Å². The second-order valence-corrected chi connectivity index (χ2v) is 15.7. The Hall–Kier alpha value is -0.650. The number of esters is 1. The molecule has 7 bridgehead atoms. The molecule has 7 fully saturated rings. The Morgan fingerprint density at radius 2 is 1.86 bits per heavy atom. The van der Waals surface area contributed by atoms with Gasteiger partial charge < -0.3 is 14.6 Å². The Balaban J connectivity index is 1.30. The van der Waals surface area contributed by atoms with Gasteiger partial charge in [-0.25, -0.2) is 0 Å². The van der Waals surface area contributed by atoms with E-state index in [0.29, 0.717) is 22.4 Å². The van der Waals surface area contributed by atoms with E-state index in [9.17, 15) is 9.90 Å². The van der Waals surface area contributed by atoms with E-state index < -0.39 is 11.7 Å². The van der Waals surface area contributed by atoms with Crippen LogP contribution in [0.1, 0.15) is 112 Å². The molecule has 1 N–H and O–H groups in total. The number of hydrogen-bond acceptors (Lipinski definition) is 5. The fourth-order valence-corrected chi connectivity index (χ4v) is 13.0. The number of piperidine rings is 2. The molecule has 13 atom stereocenters. The van der Waals surface area contributed by atoms with Crippen molar-refractivity contribution >= 4 is 5.97 Å². The number of nitrogens with zero attached hydrogens (tertiary/aromatic N) is 1. The van der Waals surface area contributed by atoms with Crippen LogP contribution in [0.5, 0.6) is 0 Å². The molecule has 0 aromatic rings. The molecule has 1 unspecified atom stereocenters. The third-order valence-corrected chi connectivity index (χ3v) is 14.5. The van der Waals surface area contributed by atoms with Crippen molar-refractivity contribution in [3.05, 3.63) is 0 Å². The molecule has 7 aliphatic rings. The standard InChI is InChI=1S/C32H51NO4/c1-19(2)22-10-14-28(4)21-9-16-31-13-7-8-24(31)32(28,26(22)33(31)18-21)17-11-23-29(5)15-12-25(36-20(3)34)30(23,6)27(35)37-29/h19,21-27,35H,7-18H2,1-6H3/t21-,22-,23-,24-,25-,26+,27+,28+,29-,30-,31-,32-/m1/s1. The molecule has 7 rings (SSSR count). The third-order valence-electron chi connectivity index (χ3n) is 14.5. The number of carbonyl (C=O) groups excluding carboxylic acids is 1. The first kappa shape index (κ1) is 25.3. The van der Waals surface area contributed by atoms with Gasteiger partial charge in [0.15, 0.2) is 6.29 Å². The lowest BCUT2D eigenvalue weighted by atomic mass is 9.41. The number of hydrogen-bond donors (Lipinski definition) is 1. The predicted molar refractivity (Wildman–Crippen MR) is 143 cm³/mol. The summed E-state index contributed by atoms with van der Waals surface area (Å²) in [7, 11) is 0. The first-order valence-corrected chi connectivity index (χ1v) is 15.7. The van der Waals surface area contributed by atoms with Crippen LogP contribution in [-0.4, -0.2) is 52.1 Å². The van der Waals surface area contributed by atoms with Crippen LogP contribution in [-0.2, 0) is 14.3 Å². The van der Waals surface area contributed by atoms with Gasteiger partial charge in [-0.15, -0.1) is 0 Å². The quantitative estimate of drug-likeness (QED) is 0.462. The zero-order valence-corrected chi connectivity index (χ0v) is 24.2. The van der Waals surface area contributed by atoms with Crippen molar-refractivity contribution in [1.82, 2.24) is 4.90 Å². The monoisotopic (exact) mass is 513 g/mol. The van der Waals surface area contributed by atoms with E-state index in [0.717, 1.165) is 42.9 Å². The van der Waals surface area contributed by atoms with Crippen LogP contribution in [0.25, 0.3) is 0 Å². The van der Waals surface area contributed by atoms with Gasteiger partial charge in [0.05, 0.1) is 11.0 Å². The summed E-state index contributed by atoms with van der Waals surface area (Å²) in [5.41, 5.74) is 0.348. The van der Waals surface area contributed by atoms with E-state index in [1.54, 1.807) is 0 Å². The highest BCUT2D eigenvalue weighted by atomic mass is 16.6. The number of aliphatic hydroxyl groups is 1. The number of rotatable bonds is 5. The molecular weight excluding hydrogens is 462 g/mol. The molecule has 37 heavy (non-hydrogen) atoms. The molecule has 4 saturated heterocycles. The van der Waals surface area contributed by atoms with Crippen LogP contribution in [0.2, 0.25) is 0 Å². The molecule has 5 nitrogen and oxygen atoms in total. The minimum atomic E-state index is -0.870. The Labute approximate surface area is 224 Å². The van der Waals surface area contributed by atoms with Crippen molar-refractivity contribution in [2.75, 3.05) is 6.54 Å². The average Bonchev–Trinajstić information content (AvgIpc) is 3.35. The van der Waals surface area contributed by atoms with E-state index in [4.69, 9.17) is 9.47 Å². The van der Waals surface area contributed by atoms with Crippen molar-refractivity contribution in [3.8, 4) is 0 Å². The molecule has 0 aromatic carbocycles. The first-order valence-electron chi connectivity index (χ1n) is 15.7. The van der Waals surface area contributed by atoms with Crippen molar-refractivity contribution < 1.29 is 19.4 Å². The summed E-state index contributed by atoms with van der Waals surface area (Å²) < 4.78 is 12.3. The van der Waals surface area contributed by atoms with E-state index in [1.807, 2.05) is 0 Å². The minimum Gasteiger partial charge on any atom is -0.462 e. The summed E-state index contributed by atoms with van der Waals surface area (Å²) in [6.45, 7) is 14.9. The second kappa shape index (κ2) is 7.75. The van der Waals surface area contributed by atoms with Gasteiger partial charge >= 0.3 is 5.97 Å². The Morgan fingerprint density at radius 3 is 2.59 bits per heavy atom. The van der Waals surface area contributed by atoms with Gasteiger partial charge in [0.25, 0.3) is 0 Å². The molecule has 1 spiro atoms. The van der Waals surface area contributed by atoms with Crippen molar-refractivity contribution in [1.29, 1.82) is 0 Å². The smallest absolute Gasteiger partial charge is 0.302 e. The number of ether oxygens (including phenoxy) is 2. The topological polar surface area (TPSA) is 59.0 Å². The van der Waals surface area contributed by atoms with Crippen molar-refractivity contribution in [3.63, 3.8) is 0 Å². The van der Waals surface area contributed by atoms with E-state index in [-0.39, 0.29) is 23.6 Å². The van der Waals surface area contributed by atoms with Gasteiger partial charge in [-0.2, -0.15) is 0 Å². The van der Waals surface area contributed by atoms with E-state index in [2.05, 4.69) is 39.5 Å². The highest BCUT2D eigenvalue weighted by molar-refractivity contribution is 5.66.